The van der Waals surface area contributed by atoms with Gasteiger partial charge in [-0.15, -0.1) is 0 Å². The van der Waals surface area contributed by atoms with E-state index in [1.165, 1.54) is 19.1 Å². The molecule has 1 aliphatic heterocycles. The number of benzene rings is 1. The van der Waals surface area contributed by atoms with E-state index in [1.807, 2.05) is 0 Å². The summed E-state index contributed by atoms with van der Waals surface area (Å²) in [5.41, 5.74) is -3.64. The molecule has 132 valence electrons. The Kier molecular flexibility index (Phi) is 5.00. The minimum atomic E-state index is -5.23. The largest absolute Gasteiger partial charge is 0.466 e. The van der Waals surface area contributed by atoms with Gasteiger partial charge >= 0.3 is 12.1 Å². The fourth-order valence-corrected chi connectivity index (χ4v) is 2.80. The Hall–Kier alpha value is -1.94. The van der Waals surface area contributed by atoms with Crippen LogP contribution < -0.4 is 10.6 Å². The maximum absolute atomic E-state index is 13.4. The Bertz CT molecular complexity index is 655. The molecule has 0 aromatic heterocycles. The molecular formula is C14H14F4N2O3S. The average Bonchev–Trinajstić information content (AvgIpc) is 2.45. The quantitative estimate of drug-likeness (QED) is 0.430. The van der Waals surface area contributed by atoms with Gasteiger partial charge in [0, 0.05) is 0 Å². The van der Waals surface area contributed by atoms with Gasteiger partial charge in [0.25, 0.3) is 5.72 Å². The van der Waals surface area contributed by atoms with E-state index in [2.05, 4.69) is 10.1 Å². The van der Waals surface area contributed by atoms with Crippen molar-refractivity contribution in [2.45, 2.75) is 24.9 Å². The number of alkyl halides is 3. The van der Waals surface area contributed by atoms with Crippen LogP contribution in [0.25, 0.3) is 0 Å². The maximum Gasteiger partial charge on any atom is 0.437 e. The Morgan fingerprint density at radius 1 is 1.46 bits per heavy atom. The van der Waals surface area contributed by atoms with Crippen LogP contribution >= 0.6 is 12.2 Å². The molecule has 1 saturated heterocycles. The van der Waals surface area contributed by atoms with Crippen LogP contribution in [0.2, 0.25) is 0 Å². The molecule has 24 heavy (non-hydrogen) atoms. The Labute approximate surface area is 140 Å². The summed E-state index contributed by atoms with van der Waals surface area (Å²) in [5, 5.41) is 13.8. The number of halogens is 4. The second-order valence-electron chi connectivity index (χ2n) is 5.12. The van der Waals surface area contributed by atoms with Crippen molar-refractivity contribution in [3.63, 3.8) is 0 Å². The van der Waals surface area contributed by atoms with Crippen LogP contribution in [0, 0.1) is 11.7 Å². The van der Waals surface area contributed by atoms with Crippen molar-refractivity contribution in [1.29, 1.82) is 0 Å². The summed E-state index contributed by atoms with van der Waals surface area (Å²) in [6.45, 7) is 1.22. The Morgan fingerprint density at radius 3 is 2.67 bits per heavy atom. The lowest BCUT2D eigenvalue weighted by Crippen LogP contribution is -2.73. The van der Waals surface area contributed by atoms with E-state index in [9.17, 15) is 27.5 Å². The molecule has 1 heterocycles. The molecule has 3 N–H and O–H groups in total. The third-order valence-corrected chi connectivity index (χ3v) is 3.77. The molecule has 0 bridgehead atoms. The highest BCUT2D eigenvalue weighted by atomic mass is 32.1. The number of rotatable bonds is 3. The van der Waals surface area contributed by atoms with Crippen LogP contribution in [-0.4, -0.2) is 34.7 Å². The van der Waals surface area contributed by atoms with Crippen molar-refractivity contribution in [3.8, 4) is 0 Å². The lowest BCUT2D eigenvalue weighted by atomic mass is 9.82. The van der Waals surface area contributed by atoms with E-state index in [1.54, 1.807) is 5.32 Å². The summed E-state index contributed by atoms with van der Waals surface area (Å²) in [4.78, 5) is 12.1. The smallest absolute Gasteiger partial charge is 0.437 e. The van der Waals surface area contributed by atoms with Gasteiger partial charge in [-0.3, -0.25) is 4.79 Å². The molecule has 1 aromatic rings. The van der Waals surface area contributed by atoms with Gasteiger partial charge in [0.2, 0.25) is 0 Å². The summed E-state index contributed by atoms with van der Waals surface area (Å²) in [7, 11) is 0. The van der Waals surface area contributed by atoms with Crippen molar-refractivity contribution in [1.82, 2.24) is 10.6 Å². The molecule has 0 unspecified atom stereocenters. The minimum Gasteiger partial charge on any atom is -0.466 e. The molecule has 10 heteroatoms. The van der Waals surface area contributed by atoms with E-state index in [0.717, 1.165) is 12.1 Å². The van der Waals surface area contributed by atoms with Gasteiger partial charge in [-0.2, -0.15) is 13.2 Å². The van der Waals surface area contributed by atoms with Gasteiger partial charge in [-0.25, -0.2) is 4.39 Å². The predicted octanol–water partition coefficient (Wildman–Crippen LogP) is 1.77. The number of hydrogen-bond donors (Lipinski definition) is 3. The molecular weight excluding hydrogens is 352 g/mol. The Morgan fingerprint density at radius 2 is 2.12 bits per heavy atom. The van der Waals surface area contributed by atoms with Gasteiger partial charge in [-0.1, -0.05) is 12.1 Å². The molecule has 0 radical (unpaired) electrons. The second kappa shape index (κ2) is 6.52. The molecule has 3 atom stereocenters. The first-order chi connectivity index (χ1) is 11.1. The van der Waals surface area contributed by atoms with Gasteiger partial charge < -0.3 is 20.5 Å². The highest BCUT2D eigenvalue weighted by Crippen LogP contribution is 2.43. The minimum absolute atomic E-state index is 0.0135. The monoisotopic (exact) mass is 366 g/mol. The van der Waals surface area contributed by atoms with Crippen LogP contribution in [-0.2, 0) is 9.53 Å². The average molecular weight is 366 g/mol. The third kappa shape index (κ3) is 3.29. The van der Waals surface area contributed by atoms with Crippen LogP contribution in [0.4, 0.5) is 17.6 Å². The molecule has 1 fully saturated rings. The lowest BCUT2D eigenvalue weighted by molar-refractivity contribution is -0.292. The number of ether oxygens (including phenoxy) is 1. The molecule has 0 aliphatic carbocycles. The van der Waals surface area contributed by atoms with Gasteiger partial charge in [0.1, 0.15) is 11.7 Å². The third-order valence-electron chi connectivity index (χ3n) is 3.55. The SMILES string of the molecule is CCOC(=O)[C@H]1[C@@H](c2cccc(F)c2)NC(=S)N[C@]1(O)C(F)(F)F. The lowest BCUT2D eigenvalue weighted by Gasteiger charge is -2.45. The van der Waals surface area contributed by atoms with Crippen molar-refractivity contribution in [2.24, 2.45) is 5.92 Å². The number of hydrogen-bond acceptors (Lipinski definition) is 4. The van der Waals surface area contributed by atoms with Crippen molar-refractivity contribution < 1.29 is 32.2 Å². The Balaban J connectivity index is 2.57. The molecule has 0 spiro atoms. The summed E-state index contributed by atoms with van der Waals surface area (Å²) in [6, 6.07) is 3.21. The van der Waals surface area contributed by atoms with Crippen molar-refractivity contribution >= 4 is 23.3 Å². The molecule has 0 saturated carbocycles. The number of carbonyl (C=O) groups is 1. The van der Waals surface area contributed by atoms with Crippen molar-refractivity contribution in [3.05, 3.63) is 35.6 Å². The summed E-state index contributed by atoms with van der Waals surface area (Å²) < 4.78 is 58.4. The number of aliphatic hydroxyl groups is 1. The highest BCUT2D eigenvalue weighted by Gasteiger charge is 2.66. The zero-order valence-corrected chi connectivity index (χ0v) is 13.2. The van der Waals surface area contributed by atoms with Crippen LogP contribution in [0.5, 0.6) is 0 Å². The first kappa shape index (κ1) is 18.4. The fraction of sp³-hybridized carbons (Fsp3) is 0.429. The van der Waals surface area contributed by atoms with Crippen molar-refractivity contribution in [2.75, 3.05) is 6.61 Å². The van der Waals surface area contributed by atoms with E-state index in [-0.39, 0.29) is 12.2 Å². The molecule has 0 amide bonds. The van der Waals surface area contributed by atoms with Crippen LogP contribution in [0.15, 0.2) is 24.3 Å². The normalized spacial score (nSPS) is 27.2. The van der Waals surface area contributed by atoms with Gasteiger partial charge in [0.05, 0.1) is 12.6 Å². The first-order valence-electron chi connectivity index (χ1n) is 6.90. The zero-order chi connectivity index (χ0) is 18.1. The summed E-state index contributed by atoms with van der Waals surface area (Å²) in [6.07, 6.45) is -5.23. The zero-order valence-electron chi connectivity index (χ0n) is 12.4. The van der Waals surface area contributed by atoms with E-state index < -0.39 is 40.8 Å². The van der Waals surface area contributed by atoms with Crippen LogP contribution in [0.3, 0.4) is 0 Å². The first-order valence-corrected chi connectivity index (χ1v) is 7.31. The predicted molar refractivity (Wildman–Crippen MR) is 79.1 cm³/mol. The van der Waals surface area contributed by atoms with Gasteiger partial charge in [0.15, 0.2) is 5.11 Å². The number of carbonyl (C=O) groups excluding carboxylic acids is 1. The maximum atomic E-state index is 13.4. The molecule has 1 aromatic carbocycles. The number of nitrogens with one attached hydrogen (secondary N) is 2. The standard InChI is InChI=1S/C14H14F4N2O3S/c1-2-23-11(21)9-10(7-4-3-5-8(15)6-7)19-12(24)20-13(9,22)14(16,17)18/h3-6,9-10,22H,2H2,1H3,(H2,19,20,24)/t9-,10-,13-/m1/s1. The van der Waals surface area contributed by atoms with E-state index in [0.29, 0.717) is 0 Å². The summed E-state index contributed by atoms with van der Waals surface area (Å²) in [5.74, 6) is -4.14. The van der Waals surface area contributed by atoms with Gasteiger partial charge in [-0.05, 0) is 36.8 Å². The summed E-state index contributed by atoms with van der Waals surface area (Å²) >= 11 is 4.71. The molecule has 5 nitrogen and oxygen atoms in total. The second-order valence-corrected chi connectivity index (χ2v) is 5.53. The highest BCUT2D eigenvalue weighted by molar-refractivity contribution is 7.80. The number of thiocarbonyl (C=S) groups is 1. The molecule has 1 aliphatic rings. The van der Waals surface area contributed by atoms with E-state index in [4.69, 9.17) is 12.2 Å². The van der Waals surface area contributed by atoms with Crippen LogP contribution in [0.1, 0.15) is 18.5 Å². The number of esters is 1. The van der Waals surface area contributed by atoms with E-state index >= 15 is 0 Å². The molecule has 2 rings (SSSR count). The topological polar surface area (TPSA) is 70.6 Å². The fourth-order valence-electron chi connectivity index (χ4n) is 2.51.